The SMILES string of the molecule is CNc1cc(Cc2nc3ccccc3s2)nc(C(C)C)n1. The Morgan fingerprint density at radius 2 is 1.95 bits per heavy atom. The third-order valence-corrected chi connectivity index (χ3v) is 4.28. The lowest BCUT2D eigenvalue weighted by molar-refractivity contribution is 0.762. The van der Waals surface area contributed by atoms with E-state index in [1.165, 1.54) is 4.70 Å². The number of para-hydroxylation sites is 1. The maximum absolute atomic E-state index is 4.68. The van der Waals surface area contributed by atoms with E-state index >= 15 is 0 Å². The number of hydrogen-bond acceptors (Lipinski definition) is 5. The summed E-state index contributed by atoms with van der Waals surface area (Å²) in [4.78, 5) is 13.8. The van der Waals surface area contributed by atoms with Gasteiger partial charge in [0.1, 0.15) is 11.6 Å². The second-order valence-electron chi connectivity index (χ2n) is 5.26. The number of rotatable bonds is 4. The summed E-state index contributed by atoms with van der Waals surface area (Å²) < 4.78 is 1.22. The fourth-order valence-electron chi connectivity index (χ4n) is 2.15. The van der Waals surface area contributed by atoms with E-state index in [2.05, 4.69) is 40.2 Å². The molecule has 0 spiro atoms. The van der Waals surface area contributed by atoms with Gasteiger partial charge in [-0.05, 0) is 12.1 Å². The molecule has 4 nitrogen and oxygen atoms in total. The molecule has 2 heterocycles. The predicted molar refractivity (Wildman–Crippen MR) is 88.1 cm³/mol. The van der Waals surface area contributed by atoms with Crippen molar-refractivity contribution >= 4 is 27.4 Å². The fraction of sp³-hybridized carbons (Fsp3) is 0.312. The maximum Gasteiger partial charge on any atom is 0.133 e. The molecule has 1 aromatic carbocycles. The Morgan fingerprint density at radius 1 is 1.14 bits per heavy atom. The van der Waals surface area contributed by atoms with Gasteiger partial charge in [0.05, 0.1) is 20.9 Å². The van der Waals surface area contributed by atoms with Crippen LogP contribution in [0.25, 0.3) is 10.2 Å². The van der Waals surface area contributed by atoms with Crippen molar-refractivity contribution in [2.24, 2.45) is 0 Å². The van der Waals surface area contributed by atoms with Crippen LogP contribution in [0.5, 0.6) is 0 Å². The zero-order valence-electron chi connectivity index (χ0n) is 12.4. The van der Waals surface area contributed by atoms with Crippen molar-refractivity contribution in [3.63, 3.8) is 0 Å². The number of nitrogens with zero attached hydrogens (tertiary/aromatic N) is 3. The van der Waals surface area contributed by atoms with Crippen molar-refractivity contribution in [2.75, 3.05) is 12.4 Å². The highest BCUT2D eigenvalue weighted by Gasteiger charge is 2.10. The lowest BCUT2D eigenvalue weighted by Gasteiger charge is -2.09. The molecule has 0 atom stereocenters. The Morgan fingerprint density at radius 3 is 2.67 bits per heavy atom. The van der Waals surface area contributed by atoms with Crippen LogP contribution in [0.2, 0.25) is 0 Å². The van der Waals surface area contributed by atoms with Gasteiger partial charge in [-0.2, -0.15) is 0 Å². The summed E-state index contributed by atoms with van der Waals surface area (Å²) in [6.07, 6.45) is 0.746. The van der Waals surface area contributed by atoms with E-state index in [0.29, 0.717) is 5.92 Å². The molecule has 0 aliphatic carbocycles. The predicted octanol–water partition coefficient (Wildman–Crippen LogP) is 3.84. The maximum atomic E-state index is 4.68. The van der Waals surface area contributed by atoms with Gasteiger partial charge >= 0.3 is 0 Å². The lowest BCUT2D eigenvalue weighted by Crippen LogP contribution is -2.05. The highest BCUT2D eigenvalue weighted by Crippen LogP contribution is 2.24. The minimum atomic E-state index is 0.312. The van der Waals surface area contributed by atoms with Gasteiger partial charge in [0, 0.05) is 25.5 Å². The lowest BCUT2D eigenvalue weighted by atomic mass is 10.2. The van der Waals surface area contributed by atoms with Crippen molar-refractivity contribution in [3.05, 3.63) is 46.9 Å². The first-order valence-electron chi connectivity index (χ1n) is 7.06. The van der Waals surface area contributed by atoms with Crippen molar-refractivity contribution in [1.29, 1.82) is 0 Å². The summed E-state index contributed by atoms with van der Waals surface area (Å²) >= 11 is 1.73. The summed E-state index contributed by atoms with van der Waals surface area (Å²) in [5.41, 5.74) is 2.07. The molecular weight excluding hydrogens is 280 g/mol. The molecule has 0 amide bonds. The standard InChI is InChI=1S/C16H18N4S/c1-10(2)16-18-11(8-14(17-3)20-16)9-15-19-12-6-4-5-7-13(12)21-15/h4-8,10H,9H2,1-3H3,(H,17,18,20). The molecule has 0 radical (unpaired) electrons. The number of aromatic nitrogens is 3. The highest BCUT2D eigenvalue weighted by atomic mass is 32.1. The molecule has 5 heteroatoms. The third kappa shape index (κ3) is 3.03. The van der Waals surface area contributed by atoms with Crippen LogP contribution in [0, 0.1) is 0 Å². The molecule has 0 bridgehead atoms. The molecule has 0 aliphatic rings. The number of anilines is 1. The van der Waals surface area contributed by atoms with Crippen molar-refractivity contribution < 1.29 is 0 Å². The number of thiazole rings is 1. The van der Waals surface area contributed by atoms with Gasteiger partial charge in [-0.15, -0.1) is 11.3 Å². The van der Waals surface area contributed by atoms with Gasteiger partial charge in [-0.25, -0.2) is 15.0 Å². The molecule has 0 fully saturated rings. The zero-order valence-corrected chi connectivity index (χ0v) is 13.2. The highest BCUT2D eigenvalue weighted by molar-refractivity contribution is 7.18. The van der Waals surface area contributed by atoms with Crippen molar-refractivity contribution in [1.82, 2.24) is 15.0 Å². The second kappa shape index (κ2) is 5.77. The Kier molecular flexibility index (Phi) is 3.84. The van der Waals surface area contributed by atoms with Crippen LogP contribution in [0.1, 0.15) is 36.3 Å². The summed E-state index contributed by atoms with van der Waals surface area (Å²) in [6.45, 7) is 4.21. The van der Waals surface area contributed by atoms with Crippen LogP contribution in [-0.4, -0.2) is 22.0 Å². The van der Waals surface area contributed by atoms with E-state index in [0.717, 1.165) is 34.3 Å². The molecule has 2 aromatic heterocycles. The normalized spacial score (nSPS) is 11.2. The number of hydrogen-bond donors (Lipinski definition) is 1. The van der Waals surface area contributed by atoms with Crippen molar-refractivity contribution in [2.45, 2.75) is 26.2 Å². The van der Waals surface area contributed by atoms with E-state index in [1.54, 1.807) is 11.3 Å². The van der Waals surface area contributed by atoms with E-state index in [-0.39, 0.29) is 0 Å². The van der Waals surface area contributed by atoms with Crippen LogP contribution in [0.3, 0.4) is 0 Å². The quantitative estimate of drug-likeness (QED) is 0.795. The molecule has 0 saturated heterocycles. The number of nitrogens with one attached hydrogen (secondary N) is 1. The molecule has 1 N–H and O–H groups in total. The number of benzene rings is 1. The Labute approximate surface area is 128 Å². The smallest absolute Gasteiger partial charge is 0.133 e. The molecule has 3 aromatic rings. The Balaban J connectivity index is 1.94. The summed E-state index contributed by atoms with van der Waals surface area (Å²) in [5.74, 6) is 2.05. The van der Waals surface area contributed by atoms with Crippen LogP contribution in [0.4, 0.5) is 5.82 Å². The van der Waals surface area contributed by atoms with E-state index in [9.17, 15) is 0 Å². The van der Waals surface area contributed by atoms with Gasteiger partial charge < -0.3 is 5.32 Å². The van der Waals surface area contributed by atoms with E-state index < -0.39 is 0 Å². The molecule has 108 valence electrons. The largest absolute Gasteiger partial charge is 0.373 e. The van der Waals surface area contributed by atoms with Crippen LogP contribution < -0.4 is 5.32 Å². The Hall–Kier alpha value is -2.01. The van der Waals surface area contributed by atoms with Gasteiger partial charge in [0.15, 0.2) is 0 Å². The van der Waals surface area contributed by atoms with Gasteiger partial charge in [0.25, 0.3) is 0 Å². The average molecular weight is 298 g/mol. The van der Waals surface area contributed by atoms with Gasteiger partial charge in [-0.1, -0.05) is 26.0 Å². The first-order chi connectivity index (χ1) is 10.2. The van der Waals surface area contributed by atoms with Crippen molar-refractivity contribution in [3.8, 4) is 0 Å². The van der Waals surface area contributed by atoms with E-state index in [1.807, 2.05) is 31.3 Å². The summed E-state index contributed by atoms with van der Waals surface area (Å²) in [6, 6.07) is 10.2. The first kappa shape index (κ1) is 13.9. The molecular formula is C16H18N4S. The van der Waals surface area contributed by atoms with Crippen LogP contribution in [0.15, 0.2) is 30.3 Å². The third-order valence-electron chi connectivity index (χ3n) is 3.24. The van der Waals surface area contributed by atoms with Gasteiger partial charge in [-0.3, -0.25) is 0 Å². The van der Waals surface area contributed by atoms with Crippen LogP contribution in [-0.2, 0) is 6.42 Å². The topological polar surface area (TPSA) is 50.7 Å². The summed E-state index contributed by atoms with van der Waals surface area (Å²) in [7, 11) is 1.88. The second-order valence-corrected chi connectivity index (χ2v) is 6.37. The average Bonchev–Trinajstić information content (AvgIpc) is 2.88. The van der Waals surface area contributed by atoms with E-state index in [4.69, 9.17) is 0 Å². The van der Waals surface area contributed by atoms with Crippen LogP contribution >= 0.6 is 11.3 Å². The minimum Gasteiger partial charge on any atom is -0.373 e. The monoisotopic (exact) mass is 298 g/mol. The molecule has 3 rings (SSSR count). The first-order valence-corrected chi connectivity index (χ1v) is 7.87. The van der Waals surface area contributed by atoms with Gasteiger partial charge in [0.2, 0.25) is 0 Å². The zero-order chi connectivity index (χ0) is 14.8. The minimum absolute atomic E-state index is 0.312. The summed E-state index contributed by atoms with van der Waals surface area (Å²) in [5, 5.41) is 4.20. The fourth-order valence-corrected chi connectivity index (χ4v) is 3.13. The molecule has 21 heavy (non-hydrogen) atoms. The Bertz CT molecular complexity index is 731. The molecule has 0 unspecified atom stereocenters. The number of fused-ring (bicyclic) bond motifs is 1. The molecule has 0 aliphatic heterocycles. The molecule has 0 saturated carbocycles.